The van der Waals surface area contributed by atoms with Gasteiger partial charge in [0.05, 0.1) is 5.60 Å². The minimum absolute atomic E-state index is 0.0172. The molecule has 170 valence electrons. The van der Waals surface area contributed by atoms with Gasteiger partial charge in [-0.05, 0) is 78.2 Å². The molecule has 2 fully saturated rings. The largest absolute Gasteiger partial charge is 0.434 e. The lowest BCUT2D eigenvalue weighted by atomic mass is 9.83. The van der Waals surface area contributed by atoms with Crippen molar-refractivity contribution in [1.82, 2.24) is 9.97 Å². The molecule has 1 aliphatic carbocycles. The molecule has 4 rings (SSSR count). The number of pyridine rings is 2. The maximum atomic E-state index is 12.3. The number of nitrogens with zero attached hydrogens (tertiary/aromatic N) is 2. The summed E-state index contributed by atoms with van der Waals surface area (Å²) in [4.78, 5) is 7.93. The molecule has 0 amide bonds. The van der Waals surface area contributed by atoms with E-state index < -0.39 is 11.9 Å². The van der Waals surface area contributed by atoms with Crippen LogP contribution in [0.25, 0.3) is 0 Å². The van der Waals surface area contributed by atoms with Gasteiger partial charge in [-0.2, -0.15) is 13.2 Å². The minimum Gasteiger partial charge on any atom is -0.375 e. The molecule has 7 heteroatoms. The van der Waals surface area contributed by atoms with Crippen molar-refractivity contribution in [1.29, 1.82) is 0 Å². The van der Waals surface area contributed by atoms with Gasteiger partial charge in [-0.15, -0.1) is 0 Å². The highest BCUT2D eigenvalue weighted by atomic mass is 79.9. The van der Waals surface area contributed by atoms with Gasteiger partial charge in [0.25, 0.3) is 0 Å². The van der Waals surface area contributed by atoms with Crippen molar-refractivity contribution >= 4 is 15.9 Å². The van der Waals surface area contributed by atoms with Crippen LogP contribution in [0.1, 0.15) is 81.2 Å². The maximum absolute atomic E-state index is 12.3. The van der Waals surface area contributed by atoms with Crippen LogP contribution in [0, 0.1) is 0 Å². The summed E-state index contributed by atoms with van der Waals surface area (Å²) in [5.74, 6) is 0.619. The van der Waals surface area contributed by atoms with Crippen molar-refractivity contribution in [2.75, 3.05) is 6.61 Å². The van der Waals surface area contributed by atoms with Crippen LogP contribution >= 0.6 is 15.9 Å². The number of ether oxygens (including phenoxy) is 1. The molecule has 0 radical (unpaired) electrons. The van der Waals surface area contributed by atoms with Crippen LogP contribution in [0.2, 0.25) is 0 Å². The van der Waals surface area contributed by atoms with E-state index in [4.69, 9.17) is 4.74 Å². The molecule has 1 aliphatic heterocycles. The fourth-order valence-corrected chi connectivity index (χ4v) is 5.09. The molecule has 1 spiro atoms. The quantitative estimate of drug-likeness (QED) is 0.437. The van der Waals surface area contributed by atoms with Gasteiger partial charge in [0.15, 0.2) is 5.69 Å². The Balaban J connectivity index is 0.000000176. The number of alkyl halides is 3. The second-order valence-electron chi connectivity index (χ2n) is 8.46. The van der Waals surface area contributed by atoms with Crippen molar-refractivity contribution in [3.05, 3.63) is 58.1 Å². The van der Waals surface area contributed by atoms with E-state index in [1.54, 1.807) is 0 Å². The van der Waals surface area contributed by atoms with E-state index >= 15 is 0 Å². The molecule has 2 aromatic rings. The Hall–Kier alpha value is -1.47. The molecule has 1 saturated carbocycles. The van der Waals surface area contributed by atoms with Gasteiger partial charge >= 0.3 is 6.18 Å². The Labute approximate surface area is 191 Å². The number of unbranched alkanes of at least 4 members (excludes halogenated alkanes) is 1. The van der Waals surface area contributed by atoms with E-state index in [2.05, 4.69) is 38.0 Å². The first-order valence-corrected chi connectivity index (χ1v) is 11.9. The number of aromatic nitrogens is 2. The second kappa shape index (κ2) is 10.9. The smallest absolute Gasteiger partial charge is 0.375 e. The first-order valence-electron chi connectivity index (χ1n) is 11.1. The normalized spacial score (nSPS) is 20.4. The number of aryl methyl sites for hydroxylation is 1. The Morgan fingerprint density at radius 3 is 2.58 bits per heavy atom. The van der Waals surface area contributed by atoms with Crippen molar-refractivity contribution in [2.24, 2.45) is 0 Å². The molecule has 0 N–H and O–H groups in total. The maximum Gasteiger partial charge on any atom is 0.434 e. The zero-order chi connectivity index (χ0) is 22.3. The fourth-order valence-electron chi connectivity index (χ4n) is 4.47. The lowest BCUT2D eigenvalue weighted by molar-refractivity contribution is -0.141. The predicted octanol–water partition coefficient (Wildman–Crippen LogP) is 7.49. The van der Waals surface area contributed by atoms with E-state index in [0.29, 0.717) is 5.92 Å². The van der Waals surface area contributed by atoms with Crippen LogP contribution < -0.4 is 0 Å². The van der Waals surface area contributed by atoms with Crippen molar-refractivity contribution in [3.63, 3.8) is 0 Å². The van der Waals surface area contributed by atoms with E-state index in [9.17, 15) is 13.2 Å². The van der Waals surface area contributed by atoms with Gasteiger partial charge in [0, 0.05) is 35.1 Å². The molecular formula is C24H30BrF3N2O. The monoisotopic (exact) mass is 498 g/mol. The lowest BCUT2D eigenvalue weighted by Gasteiger charge is -2.38. The molecule has 2 aromatic heterocycles. The van der Waals surface area contributed by atoms with Gasteiger partial charge in [0.2, 0.25) is 0 Å². The molecule has 0 bridgehead atoms. The third-order valence-electron chi connectivity index (χ3n) is 6.10. The fraction of sp³-hybridized carbons (Fsp3) is 0.583. The summed E-state index contributed by atoms with van der Waals surface area (Å²) in [5, 5.41) is 0. The molecule has 3 nitrogen and oxygen atoms in total. The van der Waals surface area contributed by atoms with Crippen LogP contribution in [0.15, 0.2) is 41.1 Å². The number of hydrogen-bond acceptors (Lipinski definition) is 3. The van der Waals surface area contributed by atoms with E-state index in [0.717, 1.165) is 37.9 Å². The lowest BCUT2D eigenvalue weighted by Crippen LogP contribution is -2.36. The van der Waals surface area contributed by atoms with Crippen molar-refractivity contribution in [2.45, 2.75) is 82.4 Å². The predicted molar refractivity (Wildman–Crippen MR) is 119 cm³/mol. The molecule has 1 atom stereocenters. The summed E-state index contributed by atoms with van der Waals surface area (Å²) in [6.07, 6.45) is 9.08. The zero-order valence-electron chi connectivity index (χ0n) is 17.9. The van der Waals surface area contributed by atoms with Crippen LogP contribution in [0.5, 0.6) is 0 Å². The number of hydrogen-bond donors (Lipinski definition) is 0. The van der Waals surface area contributed by atoms with Gasteiger partial charge < -0.3 is 4.74 Å². The summed E-state index contributed by atoms with van der Waals surface area (Å²) in [6, 6.07) is 7.75. The summed E-state index contributed by atoms with van der Waals surface area (Å²) in [6.45, 7) is 2.95. The summed E-state index contributed by atoms with van der Waals surface area (Å²) in [7, 11) is 0. The molecule has 0 aromatic carbocycles. The van der Waals surface area contributed by atoms with Gasteiger partial charge in [0.1, 0.15) is 0 Å². The molecule has 31 heavy (non-hydrogen) atoms. The van der Waals surface area contributed by atoms with E-state index in [-0.39, 0.29) is 10.1 Å². The molecule has 1 saturated heterocycles. The molecule has 0 unspecified atom stereocenters. The van der Waals surface area contributed by atoms with Crippen LogP contribution in [-0.2, 0) is 17.3 Å². The zero-order valence-corrected chi connectivity index (χ0v) is 19.5. The first-order chi connectivity index (χ1) is 14.8. The highest BCUT2D eigenvalue weighted by molar-refractivity contribution is 9.10. The van der Waals surface area contributed by atoms with Crippen LogP contribution in [0.3, 0.4) is 0 Å². The van der Waals surface area contributed by atoms with Crippen LogP contribution in [-0.4, -0.2) is 22.2 Å². The third-order valence-corrected chi connectivity index (χ3v) is 6.70. The first kappa shape index (κ1) is 24.2. The van der Waals surface area contributed by atoms with E-state index in [1.807, 2.05) is 19.2 Å². The Kier molecular flexibility index (Phi) is 8.50. The number of halogens is 4. The SMILES string of the molecule is CCCCc1cnc(C(F)(F)F)c(Br)c1.c1ccc([C@@H]2CCOC3(CCCC3)C2)nc1. The summed E-state index contributed by atoms with van der Waals surface area (Å²) >= 11 is 2.89. The van der Waals surface area contributed by atoms with Crippen molar-refractivity contribution < 1.29 is 17.9 Å². The second-order valence-corrected chi connectivity index (χ2v) is 9.31. The molecule has 2 aliphatic rings. The molecule has 3 heterocycles. The third kappa shape index (κ3) is 6.75. The average molecular weight is 499 g/mol. The van der Waals surface area contributed by atoms with Crippen molar-refractivity contribution in [3.8, 4) is 0 Å². The minimum atomic E-state index is -4.39. The Morgan fingerprint density at radius 2 is 1.97 bits per heavy atom. The van der Waals surface area contributed by atoms with Crippen LogP contribution in [0.4, 0.5) is 13.2 Å². The molecular weight excluding hydrogens is 469 g/mol. The standard InChI is InChI=1S/C14H19NO.C10H11BrF3N/c1-4-9-15-13(5-1)12-6-10-16-14(11-12)7-2-3-8-14;1-2-3-4-7-5-8(11)9(15-6-7)10(12,13)14/h1,4-5,9,12H,2-3,6-8,10-11H2;5-6H,2-4H2,1H3/t12-;/m1./s1. The number of rotatable bonds is 4. The highest BCUT2D eigenvalue weighted by Crippen LogP contribution is 2.44. The highest BCUT2D eigenvalue weighted by Gasteiger charge is 2.40. The average Bonchev–Trinajstić information content (AvgIpc) is 3.20. The van der Waals surface area contributed by atoms with Gasteiger partial charge in [-0.1, -0.05) is 32.3 Å². The van der Waals surface area contributed by atoms with Gasteiger partial charge in [-0.3, -0.25) is 9.97 Å². The summed E-state index contributed by atoms with van der Waals surface area (Å²) in [5.41, 5.74) is 1.44. The summed E-state index contributed by atoms with van der Waals surface area (Å²) < 4.78 is 43.1. The van der Waals surface area contributed by atoms with E-state index in [1.165, 1.54) is 50.1 Å². The Bertz CT molecular complexity index is 823. The Morgan fingerprint density at radius 1 is 1.19 bits per heavy atom. The van der Waals surface area contributed by atoms with Gasteiger partial charge in [-0.25, -0.2) is 0 Å². The topological polar surface area (TPSA) is 35.0 Å².